The van der Waals surface area contributed by atoms with Gasteiger partial charge in [-0.1, -0.05) is 18.6 Å². The van der Waals surface area contributed by atoms with Gasteiger partial charge in [-0.25, -0.2) is 4.90 Å². The van der Waals surface area contributed by atoms with Gasteiger partial charge in [0.15, 0.2) is 12.1 Å². The lowest BCUT2D eigenvalue weighted by atomic mass is 9.74. The number of hydrogen-bond acceptors (Lipinski definition) is 5. The Morgan fingerprint density at radius 2 is 2.08 bits per heavy atom. The number of carbonyl (C=O) groups is 2. The van der Waals surface area contributed by atoms with Crippen LogP contribution in [0.25, 0.3) is 0 Å². The summed E-state index contributed by atoms with van der Waals surface area (Å²) in [7, 11) is 1.77. The van der Waals surface area contributed by atoms with Crippen LogP contribution >= 0.6 is 0 Å². The molecule has 0 spiro atoms. The Morgan fingerprint density at radius 3 is 2.69 bits per heavy atom. The molecule has 0 aromatic heterocycles. The first-order valence-corrected chi connectivity index (χ1v) is 9.36. The van der Waals surface area contributed by atoms with Crippen molar-refractivity contribution in [2.24, 2.45) is 17.8 Å². The zero-order valence-electron chi connectivity index (χ0n) is 15.3. The molecule has 1 aromatic rings. The lowest BCUT2D eigenvalue weighted by Gasteiger charge is -2.39. The number of carbonyl (C=O) groups excluding carboxylic acids is 2. The first-order chi connectivity index (χ1) is 12.3. The molecular formula is C20H26N2O4. The topological polar surface area (TPSA) is 81.1 Å². The SMILES string of the molecule is CN1C(O)N(CC(=O)c2cccc(O)c2)C(=O)C1(C)C1CC2CCC1C2. The van der Waals surface area contributed by atoms with Crippen LogP contribution in [0.15, 0.2) is 24.3 Å². The van der Waals surface area contributed by atoms with E-state index in [0.717, 1.165) is 12.8 Å². The second-order valence-electron chi connectivity index (χ2n) is 8.29. The van der Waals surface area contributed by atoms with E-state index < -0.39 is 11.9 Å². The van der Waals surface area contributed by atoms with Crippen molar-refractivity contribution in [2.75, 3.05) is 13.6 Å². The van der Waals surface area contributed by atoms with Gasteiger partial charge < -0.3 is 10.2 Å². The van der Waals surface area contributed by atoms with E-state index in [1.54, 1.807) is 24.1 Å². The zero-order chi connectivity index (χ0) is 18.6. The summed E-state index contributed by atoms with van der Waals surface area (Å²) in [5.74, 6) is 1.01. The molecule has 2 saturated carbocycles. The van der Waals surface area contributed by atoms with E-state index in [1.807, 2.05) is 6.92 Å². The molecule has 1 aromatic carbocycles. The third-order valence-corrected chi connectivity index (χ3v) is 6.99. The molecule has 2 N–H and O–H groups in total. The summed E-state index contributed by atoms with van der Waals surface area (Å²) in [6, 6.07) is 6.07. The summed E-state index contributed by atoms with van der Waals surface area (Å²) in [4.78, 5) is 28.9. The van der Waals surface area contributed by atoms with Gasteiger partial charge in [0.1, 0.15) is 11.3 Å². The summed E-state index contributed by atoms with van der Waals surface area (Å²) in [5.41, 5.74) is -0.431. The highest BCUT2D eigenvalue weighted by Gasteiger charge is 2.61. The Labute approximate surface area is 153 Å². The molecule has 140 valence electrons. The number of phenols is 1. The average molecular weight is 358 g/mol. The predicted octanol–water partition coefficient (Wildman–Crippen LogP) is 1.82. The molecule has 6 nitrogen and oxygen atoms in total. The lowest BCUT2D eigenvalue weighted by Crippen LogP contribution is -2.53. The van der Waals surface area contributed by atoms with Crippen LogP contribution in [-0.2, 0) is 4.79 Å². The van der Waals surface area contributed by atoms with Gasteiger partial charge >= 0.3 is 0 Å². The Hall–Kier alpha value is -1.92. The van der Waals surface area contributed by atoms with Crippen LogP contribution in [-0.4, -0.2) is 57.2 Å². The predicted molar refractivity (Wildman–Crippen MR) is 95.3 cm³/mol. The van der Waals surface area contributed by atoms with E-state index in [-0.39, 0.29) is 29.9 Å². The number of aromatic hydroxyl groups is 1. The quantitative estimate of drug-likeness (QED) is 0.803. The van der Waals surface area contributed by atoms with Crippen LogP contribution in [0.4, 0.5) is 0 Å². The second-order valence-corrected chi connectivity index (χ2v) is 8.29. The van der Waals surface area contributed by atoms with Gasteiger partial charge in [-0.15, -0.1) is 0 Å². The normalized spacial score (nSPS) is 36.9. The van der Waals surface area contributed by atoms with E-state index >= 15 is 0 Å². The van der Waals surface area contributed by atoms with Crippen molar-refractivity contribution < 1.29 is 19.8 Å². The standard InChI is InChI=1S/C20H26N2O4/c1-20(16-9-12-6-7-13(16)8-12)18(25)22(19(26)21(20)2)11-17(24)14-4-3-5-15(23)10-14/h3-5,10,12-13,16,19,23,26H,6-9,11H2,1-2H3. The number of nitrogens with zero attached hydrogens (tertiary/aromatic N) is 2. The largest absolute Gasteiger partial charge is 0.508 e. The maximum Gasteiger partial charge on any atom is 0.246 e. The Bertz CT molecular complexity index is 751. The molecule has 5 unspecified atom stereocenters. The highest BCUT2D eigenvalue weighted by molar-refractivity contribution is 6.01. The number of aliphatic hydroxyl groups is 1. The van der Waals surface area contributed by atoms with Crippen LogP contribution in [0.2, 0.25) is 0 Å². The summed E-state index contributed by atoms with van der Waals surface area (Å²) in [5, 5.41) is 20.2. The molecule has 2 bridgehead atoms. The van der Waals surface area contributed by atoms with Gasteiger partial charge in [0.05, 0.1) is 6.54 Å². The van der Waals surface area contributed by atoms with E-state index in [9.17, 15) is 19.8 Å². The number of hydrogen-bond donors (Lipinski definition) is 2. The van der Waals surface area contributed by atoms with Crippen LogP contribution in [0.3, 0.4) is 0 Å². The van der Waals surface area contributed by atoms with Crippen molar-refractivity contribution in [2.45, 2.75) is 44.5 Å². The molecule has 3 fully saturated rings. The monoisotopic (exact) mass is 358 g/mol. The molecule has 1 heterocycles. The van der Waals surface area contributed by atoms with Crippen molar-refractivity contribution in [1.29, 1.82) is 0 Å². The molecule has 3 aliphatic rings. The van der Waals surface area contributed by atoms with Gasteiger partial charge in [-0.05, 0) is 63.1 Å². The van der Waals surface area contributed by atoms with Gasteiger partial charge in [-0.3, -0.25) is 14.5 Å². The molecule has 1 saturated heterocycles. The minimum absolute atomic E-state index is 0.00749. The Morgan fingerprint density at radius 1 is 1.31 bits per heavy atom. The molecule has 6 heteroatoms. The van der Waals surface area contributed by atoms with Gasteiger partial charge in [0.25, 0.3) is 0 Å². The highest BCUT2D eigenvalue weighted by Crippen LogP contribution is 2.55. The zero-order valence-corrected chi connectivity index (χ0v) is 15.3. The number of amides is 1. The lowest BCUT2D eigenvalue weighted by molar-refractivity contribution is -0.137. The molecule has 26 heavy (non-hydrogen) atoms. The summed E-state index contributed by atoms with van der Waals surface area (Å²) < 4.78 is 0. The summed E-state index contributed by atoms with van der Waals surface area (Å²) in [6.07, 6.45) is 3.51. The Kier molecular flexibility index (Phi) is 4.08. The van der Waals surface area contributed by atoms with Crippen molar-refractivity contribution in [3.05, 3.63) is 29.8 Å². The molecule has 1 aliphatic heterocycles. The number of likely N-dealkylation sites (N-methyl/N-ethyl adjacent to an activating group) is 1. The fourth-order valence-corrected chi connectivity index (χ4v) is 5.43. The van der Waals surface area contributed by atoms with Crippen molar-refractivity contribution in [3.8, 4) is 5.75 Å². The van der Waals surface area contributed by atoms with E-state index in [1.165, 1.54) is 29.9 Å². The van der Waals surface area contributed by atoms with Crippen LogP contribution in [0.1, 0.15) is 43.0 Å². The van der Waals surface area contributed by atoms with Crippen molar-refractivity contribution in [3.63, 3.8) is 0 Å². The maximum atomic E-state index is 13.3. The minimum atomic E-state index is -1.10. The molecule has 5 atom stereocenters. The number of aliphatic hydroxyl groups excluding tert-OH is 1. The molecule has 4 rings (SSSR count). The van der Waals surface area contributed by atoms with E-state index in [4.69, 9.17) is 0 Å². The van der Waals surface area contributed by atoms with E-state index in [0.29, 0.717) is 17.4 Å². The van der Waals surface area contributed by atoms with Gasteiger partial charge in [-0.2, -0.15) is 0 Å². The third kappa shape index (κ3) is 2.47. The summed E-state index contributed by atoms with van der Waals surface area (Å²) in [6.45, 7) is 1.73. The fraction of sp³-hybridized carbons (Fsp3) is 0.600. The summed E-state index contributed by atoms with van der Waals surface area (Å²) >= 11 is 0. The van der Waals surface area contributed by atoms with Crippen molar-refractivity contribution in [1.82, 2.24) is 9.80 Å². The molecule has 2 aliphatic carbocycles. The second kappa shape index (κ2) is 6.06. The van der Waals surface area contributed by atoms with Gasteiger partial charge in [0.2, 0.25) is 5.91 Å². The number of ketones is 1. The number of fused-ring (bicyclic) bond motifs is 2. The number of rotatable bonds is 4. The van der Waals surface area contributed by atoms with Crippen molar-refractivity contribution >= 4 is 11.7 Å². The Balaban J connectivity index is 1.56. The smallest absolute Gasteiger partial charge is 0.246 e. The first-order valence-electron chi connectivity index (χ1n) is 9.36. The van der Waals surface area contributed by atoms with E-state index in [2.05, 4.69) is 0 Å². The first kappa shape index (κ1) is 17.5. The van der Waals surface area contributed by atoms with Crippen LogP contribution in [0.5, 0.6) is 5.75 Å². The van der Waals surface area contributed by atoms with Crippen LogP contribution in [0, 0.1) is 17.8 Å². The van der Waals surface area contributed by atoms with Gasteiger partial charge in [0, 0.05) is 5.56 Å². The third-order valence-electron chi connectivity index (χ3n) is 6.99. The number of phenolic OH excluding ortho intramolecular Hbond substituents is 1. The number of Topliss-reactive ketones (excluding diaryl/α,β-unsaturated/α-hetero) is 1. The number of benzene rings is 1. The average Bonchev–Trinajstić information content (AvgIpc) is 3.30. The minimum Gasteiger partial charge on any atom is -0.508 e. The van der Waals surface area contributed by atoms with Crippen LogP contribution < -0.4 is 0 Å². The highest BCUT2D eigenvalue weighted by atomic mass is 16.3. The molecular weight excluding hydrogens is 332 g/mol. The maximum absolute atomic E-state index is 13.3. The molecule has 0 radical (unpaired) electrons. The molecule has 1 amide bonds. The fourth-order valence-electron chi connectivity index (χ4n) is 5.43.